The van der Waals surface area contributed by atoms with E-state index in [9.17, 15) is 8.42 Å². The van der Waals surface area contributed by atoms with Crippen LogP contribution in [0.3, 0.4) is 0 Å². The van der Waals surface area contributed by atoms with E-state index in [1.807, 2.05) is 13.8 Å². The van der Waals surface area contributed by atoms with Crippen LogP contribution in [0.5, 0.6) is 0 Å². The van der Waals surface area contributed by atoms with E-state index >= 15 is 0 Å². The van der Waals surface area contributed by atoms with Crippen LogP contribution in [-0.4, -0.2) is 95.4 Å². The Morgan fingerprint density at radius 2 is 1.96 bits per heavy atom. The van der Waals surface area contributed by atoms with Gasteiger partial charge in [-0.15, -0.1) is 0 Å². The molecule has 0 atom stereocenters. The molecule has 1 heterocycles. The van der Waals surface area contributed by atoms with E-state index in [2.05, 4.69) is 20.5 Å². The predicted octanol–water partition coefficient (Wildman–Crippen LogP) is -0.455. The fourth-order valence-corrected chi connectivity index (χ4v) is 3.43. The smallest absolute Gasteiger partial charge is 0.211 e. The van der Waals surface area contributed by atoms with Crippen LogP contribution >= 0.6 is 0 Å². The van der Waals surface area contributed by atoms with Gasteiger partial charge in [-0.2, -0.15) is 0 Å². The van der Waals surface area contributed by atoms with Crippen LogP contribution in [-0.2, 0) is 14.8 Å². The van der Waals surface area contributed by atoms with Crippen molar-refractivity contribution < 1.29 is 13.2 Å². The summed E-state index contributed by atoms with van der Waals surface area (Å²) in [5.41, 5.74) is 0. The summed E-state index contributed by atoms with van der Waals surface area (Å²) in [4.78, 5) is 6.88. The lowest BCUT2D eigenvalue weighted by molar-refractivity contribution is 0.0389. The molecule has 0 aliphatic carbocycles. The van der Waals surface area contributed by atoms with E-state index in [0.29, 0.717) is 26.1 Å². The zero-order valence-corrected chi connectivity index (χ0v) is 16.1. The highest BCUT2D eigenvalue weighted by Gasteiger charge is 2.13. The van der Waals surface area contributed by atoms with Crippen molar-refractivity contribution in [1.29, 1.82) is 0 Å². The summed E-state index contributed by atoms with van der Waals surface area (Å²) in [5.74, 6) is 0.785. The van der Waals surface area contributed by atoms with Crippen LogP contribution in [0.4, 0.5) is 0 Å². The van der Waals surface area contributed by atoms with Crippen LogP contribution < -0.4 is 10.6 Å². The number of ether oxygens (including phenoxy) is 1. The molecule has 0 amide bonds. The fraction of sp³-hybridized carbons (Fsp3) is 0.933. The molecule has 0 spiro atoms. The lowest BCUT2D eigenvalue weighted by atomic mass is 10.4. The lowest BCUT2D eigenvalue weighted by Crippen LogP contribution is -2.44. The minimum Gasteiger partial charge on any atom is -0.379 e. The molecule has 0 bridgehead atoms. The highest BCUT2D eigenvalue weighted by Crippen LogP contribution is 1.99. The predicted molar refractivity (Wildman–Crippen MR) is 97.9 cm³/mol. The van der Waals surface area contributed by atoms with Crippen molar-refractivity contribution in [3.63, 3.8) is 0 Å². The third-order valence-corrected chi connectivity index (χ3v) is 5.20. The number of nitrogens with one attached hydrogen (secondary N) is 2. The van der Waals surface area contributed by atoms with E-state index < -0.39 is 10.0 Å². The Morgan fingerprint density at radius 3 is 2.54 bits per heavy atom. The van der Waals surface area contributed by atoms with Gasteiger partial charge in [0.15, 0.2) is 5.96 Å². The summed E-state index contributed by atoms with van der Waals surface area (Å²) in [6, 6.07) is 0. The second-order valence-electron chi connectivity index (χ2n) is 5.75. The first-order valence-corrected chi connectivity index (χ1v) is 10.6. The quantitative estimate of drug-likeness (QED) is 0.310. The van der Waals surface area contributed by atoms with Crippen molar-refractivity contribution in [3.05, 3.63) is 0 Å². The van der Waals surface area contributed by atoms with Crippen molar-refractivity contribution >= 4 is 16.0 Å². The highest BCUT2D eigenvalue weighted by atomic mass is 32.2. The largest absolute Gasteiger partial charge is 0.379 e. The zero-order valence-electron chi connectivity index (χ0n) is 15.3. The number of rotatable bonds is 10. The molecule has 1 aliphatic heterocycles. The minimum atomic E-state index is -3.11. The normalized spacial score (nSPS) is 17.2. The van der Waals surface area contributed by atoms with Crippen molar-refractivity contribution in [3.8, 4) is 0 Å². The average molecular weight is 364 g/mol. The molecule has 1 aliphatic rings. The molecule has 0 aromatic heterocycles. The number of hydrogen-bond acceptors (Lipinski definition) is 5. The molecule has 0 radical (unpaired) electrons. The molecule has 1 fully saturated rings. The molecule has 8 nitrogen and oxygen atoms in total. The Balaban J connectivity index is 2.30. The SMILES string of the molecule is CCNC(=NCCCN(CC)S(C)(=O)=O)NCCN1CCOCC1. The second-order valence-corrected chi connectivity index (χ2v) is 7.73. The summed E-state index contributed by atoms with van der Waals surface area (Å²) in [5, 5.41) is 6.54. The maximum Gasteiger partial charge on any atom is 0.211 e. The first-order valence-electron chi connectivity index (χ1n) is 8.74. The van der Waals surface area contributed by atoms with Crippen molar-refractivity contribution in [1.82, 2.24) is 19.8 Å². The molecule has 1 saturated heterocycles. The maximum atomic E-state index is 11.5. The van der Waals surface area contributed by atoms with Crippen LogP contribution in [0.15, 0.2) is 4.99 Å². The van der Waals surface area contributed by atoms with Gasteiger partial charge in [0.05, 0.1) is 19.5 Å². The Labute approximate surface area is 146 Å². The maximum absolute atomic E-state index is 11.5. The molecule has 0 unspecified atom stereocenters. The molecule has 1 rings (SSSR count). The van der Waals surface area contributed by atoms with Crippen molar-refractivity contribution in [2.24, 2.45) is 4.99 Å². The number of aliphatic imine (C=N–C) groups is 1. The summed E-state index contributed by atoms with van der Waals surface area (Å²) in [6.45, 7) is 11.6. The molecule has 142 valence electrons. The van der Waals surface area contributed by atoms with E-state index in [-0.39, 0.29) is 0 Å². The molecule has 0 aromatic rings. The van der Waals surface area contributed by atoms with Gasteiger partial charge >= 0.3 is 0 Å². The summed E-state index contributed by atoms with van der Waals surface area (Å²) in [6.07, 6.45) is 1.96. The van der Waals surface area contributed by atoms with Gasteiger partial charge in [-0.05, 0) is 13.3 Å². The van der Waals surface area contributed by atoms with Gasteiger partial charge in [-0.25, -0.2) is 12.7 Å². The van der Waals surface area contributed by atoms with E-state index in [1.54, 1.807) is 0 Å². The van der Waals surface area contributed by atoms with Crippen LogP contribution in [0.25, 0.3) is 0 Å². The van der Waals surface area contributed by atoms with Crippen LogP contribution in [0.2, 0.25) is 0 Å². The van der Waals surface area contributed by atoms with Gasteiger partial charge in [0.2, 0.25) is 10.0 Å². The average Bonchev–Trinajstić information content (AvgIpc) is 2.54. The van der Waals surface area contributed by atoms with Gasteiger partial charge < -0.3 is 15.4 Å². The van der Waals surface area contributed by atoms with E-state index in [4.69, 9.17) is 4.74 Å². The fourth-order valence-electron chi connectivity index (χ4n) is 2.50. The van der Waals surface area contributed by atoms with Gasteiger partial charge in [0.1, 0.15) is 0 Å². The first-order chi connectivity index (χ1) is 11.5. The Bertz CT molecular complexity index is 464. The summed E-state index contributed by atoms with van der Waals surface area (Å²) < 4.78 is 29.9. The Kier molecular flexibility index (Phi) is 10.2. The number of hydrogen-bond donors (Lipinski definition) is 2. The molecule has 9 heteroatoms. The topological polar surface area (TPSA) is 86.3 Å². The van der Waals surface area contributed by atoms with Gasteiger partial charge in [-0.3, -0.25) is 9.89 Å². The first kappa shape index (κ1) is 21.1. The standard InChI is InChI=1S/C15H33N5O3S/c1-4-16-15(18-8-10-19-11-13-23-14-12-19)17-7-6-9-20(5-2)24(3,21)22/h4-14H2,1-3H3,(H2,16,17,18). The number of morpholine rings is 1. The van der Waals surface area contributed by atoms with Crippen molar-refractivity contribution in [2.75, 3.05) is 71.8 Å². The number of sulfonamides is 1. The number of nitrogens with zero attached hydrogens (tertiary/aromatic N) is 3. The number of guanidine groups is 1. The zero-order chi connectivity index (χ0) is 17.8. The molecule has 0 saturated carbocycles. The summed E-state index contributed by atoms with van der Waals surface area (Å²) >= 11 is 0. The van der Waals surface area contributed by atoms with Gasteiger partial charge in [0.25, 0.3) is 0 Å². The van der Waals surface area contributed by atoms with Gasteiger partial charge in [0, 0.05) is 52.4 Å². The third-order valence-electron chi connectivity index (χ3n) is 3.83. The molecular weight excluding hydrogens is 330 g/mol. The third kappa shape index (κ3) is 8.81. The van der Waals surface area contributed by atoms with Crippen LogP contribution in [0.1, 0.15) is 20.3 Å². The second kappa shape index (κ2) is 11.6. The monoisotopic (exact) mass is 363 g/mol. The Hall–Kier alpha value is -0.900. The van der Waals surface area contributed by atoms with Crippen molar-refractivity contribution in [2.45, 2.75) is 20.3 Å². The van der Waals surface area contributed by atoms with Gasteiger partial charge in [-0.1, -0.05) is 6.92 Å². The van der Waals surface area contributed by atoms with E-state index in [1.165, 1.54) is 10.6 Å². The van der Waals surface area contributed by atoms with Crippen LogP contribution in [0, 0.1) is 0 Å². The Morgan fingerprint density at radius 1 is 1.25 bits per heavy atom. The molecule has 0 aromatic carbocycles. The molecule has 2 N–H and O–H groups in total. The van der Waals surface area contributed by atoms with E-state index in [0.717, 1.165) is 51.9 Å². The highest BCUT2D eigenvalue weighted by molar-refractivity contribution is 7.88. The molecule has 24 heavy (non-hydrogen) atoms. The lowest BCUT2D eigenvalue weighted by Gasteiger charge is -2.26. The molecular formula is C15H33N5O3S. The minimum absolute atomic E-state index is 0.500. The summed E-state index contributed by atoms with van der Waals surface area (Å²) in [7, 11) is -3.11.